The number of aliphatic hydroxyl groups is 1. The minimum absolute atomic E-state index is 0.0427. The standard InChI is InChI=1S/C29H32F2N4O3S/c1-17-16-39-28(33-17)25-8-4-10-35(25)29(38)20-6-2-5-19(14-20)27(37)34-24(26(36)23-7-3-9-32-23)13-18-11-21(30)15-22(31)12-18/h2,5-6,11-12,14-16,23-26,32,36H,3-4,7-10,13H2,1H3,(H,34,37)/t23-,24+,25+,26+/m0/s1. The van der Waals surface area contributed by atoms with Crippen LogP contribution in [0.25, 0.3) is 0 Å². The van der Waals surface area contributed by atoms with Gasteiger partial charge in [-0.2, -0.15) is 0 Å². The molecule has 2 saturated heterocycles. The fraction of sp³-hybridized carbons (Fsp3) is 0.414. The first-order valence-electron chi connectivity index (χ1n) is 13.3. The zero-order chi connectivity index (χ0) is 27.5. The first kappa shape index (κ1) is 27.4. The Bertz CT molecular complexity index is 1320. The van der Waals surface area contributed by atoms with Gasteiger partial charge in [0.25, 0.3) is 11.8 Å². The van der Waals surface area contributed by atoms with E-state index in [2.05, 4.69) is 15.6 Å². The third kappa shape index (κ3) is 6.34. The molecule has 2 aliphatic rings. The summed E-state index contributed by atoms with van der Waals surface area (Å²) in [4.78, 5) is 33.2. The zero-order valence-corrected chi connectivity index (χ0v) is 22.5. The molecule has 1 aromatic heterocycles. The topological polar surface area (TPSA) is 94.6 Å². The number of nitrogens with zero attached hydrogens (tertiary/aromatic N) is 2. The van der Waals surface area contributed by atoms with Gasteiger partial charge in [0.2, 0.25) is 0 Å². The van der Waals surface area contributed by atoms with Gasteiger partial charge in [0.1, 0.15) is 16.6 Å². The van der Waals surface area contributed by atoms with Gasteiger partial charge in [-0.15, -0.1) is 11.3 Å². The van der Waals surface area contributed by atoms with Gasteiger partial charge in [-0.25, -0.2) is 13.8 Å². The van der Waals surface area contributed by atoms with E-state index in [1.807, 2.05) is 17.2 Å². The van der Waals surface area contributed by atoms with Crippen molar-refractivity contribution in [3.63, 3.8) is 0 Å². The molecule has 0 unspecified atom stereocenters. The van der Waals surface area contributed by atoms with Crippen LogP contribution in [0.3, 0.4) is 0 Å². The van der Waals surface area contributed by atoms with E-state index in [1.165, 1.54) is 12.1 Å². The Hall–Kier alpha value is -3.21. The maximum Gasteiger partial charge on any atom is 0.254 e. The fourth-order valence-electron chi connectivity index (χ4n) is 5.53. The zero-order valence-electron chi connectivity index (χ0n) is 21.7. The monoisotopic (exact) mass is 554 g/mol. The number of carbonyl (C=O) groups is 2. The van der Waals surface area contributed by atoms with Gasteiger partial charge in [-0.1, -0.05) is 6.07 Å². The summed E-state index contributed by atoms with van der Waals surface area (Å²) in [5.41, 5.74) is 1.92. The SMILES string of the molecule is Cc1csc([C@H]2CCCN2C(=O)c2cccc(C(=O)N[C@H](Cc3cc(F)cc(F)c3)[C@H](O)[C@@H]3CCCN3)c2)n1. The lowest BCUT2D eigenvalue weighted by Crippen LogP contribution is -2.52. The van der Waals surface area contributed by atoms with Crippen molar-refractivity contribution in [3.05, 3.63) is 86.9 Å². The molecule has 4 atom stereocenters. The highest BCUT2D eigenvalue weighted by molar-refractivity contribution is 7.09. The van der Waals surface area contributed by atoms with E-state index in [-0.39, 0.29) is 30.0 Å². The van der Waals surface area contributed by atoms with Crippen LogP contribution in [0, 0.1) is 18.6 Å². The first-order chi connectivity index (χ1) is 18.8. The number of hydrogen-bond acceptors (Lipinski definition) is 6. The molecule has 5 rings (SSSR count). The molecule has 3 heterocycles. The number of aromatic nitrogens is 1. The minimum atomic E-state index is -0.972. The lowest BCUT2D eigenvalue weighted by molar-refractivity contribution is 0.0733. The minimum Gasteiger partial charge on any atom is -0.389 e. The molecule has 0 saturated carbocycles. The average molecular weight is 555 g/mol. The highest BCUT2D eigenvalue weighted by Gasteiger charge is 2.34. The van der Waals surface area contributed by atoms with Crippen LogP contribution in [0.4, 0.5) is 8.78 Å². The summed E-state index contributed by atoms with van der Waals surface area (Å²) in [5.74, 6) is -2.08. The van der Waals surface area contributed by atoms with Gasteiger partial charge in [0, 0.05) is 40.9 Å². The molecule has 206 valence electrons. The average Bonchev–Trinajstić information content (AvgIpc) is 3.69. The second-order valence-corrected chi connectivity index (χ2v) is 11.2. The third-order valence-corrected chi connectivity index (χ3v) is 8.49. The van der Waals surface area contributed by atoms with Crippen LogP contribution in [0.2, 0.25) is 0 Å². The summed E-state index contributed by atoms with van der Waals surface area (Å²) in [5, 5.41) is 20.1. The van der Waals surface area contributed by atoms with Gasteiger partial charge < -0.3 is 20.6 Å². The third-order valence-electron chi connectivity index (χ3n) is 7.42. The molecule has 2 aromatic carbocycles. The molecule has 2 amide bonds. The smallest absolute Gasteiger partial charge is 0.254 e. The molecule has 2 aliphatic heterocycles. The van der Waals surface area contributed by atoms with Crippen molar-refractivity contribution in [2.24, 2.45) is 0 Å². The van der Waals surface area contributed by atoms with Gasteiger partial charge in [-0.3, -0.25) is 9.59 Å². The lowest BCUT2D eigenvalue weighted by atomic mass is 9.95. The van der Waals surface area contributed by atoms with Crippen LogP contribution >= 0.6 is 11.3 Å². The van der Waals surface area contributed by atoms with E-state index in [0.29, 0.717) is 17.7 Å². The van der Waals surface area contributed by atoms with E-state index in [9.17, 15) is 23.5 Å². The maximum atomic E-state index is 13.9. The van der Waals surface area contributed by atoms with Crippen molar-refractivity contribution in [2.75, 3.05) is 13.1 Å². The number of thiazole rings is 1. The van der Waals surface area contributed by atoms with E-state index in [1.54, 1.807) is 35.6 Å². The summed E-state index contributed by atoms with van der Waals surface area (Å²) >= 11 is 1.55. The molecule has 3 aromatic rings. The number of aliphatic hydroxyl groups excluding tert-OH is 1. The quantitative estimate of drug-likeness (QED) is 0.389. The molecule has 2 fully saturated rings. The second kappa shape index (κ2) is 11.9. The Kier molecular flexibility index (Phi) is 8.34. The normalized spacial score (nSPS) is 20.7. The van der Waals surface area contributed by atoms with Crippen molar-refractivity contribution < 1.29 is 23.5 Å². The van der Waals surface area contributed by atoms with Crippen molar-refractivity contribution in [2.45, 2.75) is 63.3 Å². The van der Waals surface area contributed by atoms with Crippen LogP contribution < -0.4 is 10.6 Å². The number of carbonyl (C=O) groups excluding carboxylic acids is 2. The molecule has 7 nitrogen and oxygen atoms in total. The molecule has 0 aliphatic carbocycles. The van der Waals surface area contributed by atoms with E-state index in [4.69, 9.17) is 0 Å². The van der Waals surface area contributed by atoms with Gasteiger partial charge in [0.15, 0.2) is 0 Å². The highest BCUT2D eigenvalue weighted by Crippen LogP contribution is 2.34. The highest BCUT2D eigenvalue weighted by atomic mass is 32.1. The molecule has 3 N–H and O–H groups in total. The summed E-state index contributed by atoms with van der Waals surface area (Å²) in [6.07, 6.45) is 2.41. The number of amides is 2. The van der Waals surface area contributed by atoms with Crippen LogP contribution in [0.15, 0.2) is 47.8 Å². The van der Waals surface area contributed by atoms with Crippen molar-refractivity contribution in [3.8, 4) is 0 Å². The lowest BCUT2D eigenvalue weighted by Gasteiger charge is -2.29. The van der Waals surface area contributed by atoms with Crippen LogP contribution in [0.5, 0.6) is 0 Å². The largest absolute Gasteiger partial charge is 0.389 e. The van der Waals surface area contributed by atoms with Gasteiger partial charge in [0.05, 0.1) is 18.2 Å². The Balaban J connectivity index is 1.34. The van der Waals surface area contributed by atoms with Crippen LogP contribution in [-0.4, -0.2) is 58.1 Å². The Morgan fingerprint density at radius 2 is 1.92 bits per heavy atom. The van der Waals surface area contributed by atoms with Crippen molar-refractivity contribution >= 4 is 23.2 Å². The number of likely N-dealkylation sites (tertiary alicyclic amines) is 1. The molecule has 0 bridgehead atoms. The molecule has 10 heteroatoms. The first-order valence-corrected chi connectivity index (χ1v) is 14.2. The number of hydrogen-bond donors (Lipinski definition) is 3. The maximum absolute atomic E-state index is 13.9. The van der Waals surface area contributed by atoms with Crippen molar-refractivity contribution in [1.29, 1.82) is 0 Å². The summed E-state index contributed by atoms with van der Waals surface area (Å²) in [7, 11) is 0. The van der Waals surface area contributed by atoms with Crippen molar-refractivity contribution in [1.82, 2.24) is 20.5 Å². The van der Waals surface area contributed by atoms with E-state index >= 15 is 0 Å². The Morgan fingerprint density at radius 3 is 2.62 bits per heavy atom. The summed E-state index contributed by atoms with van der Waals surface area (Å²) < 4.78 is 27.7. The van der Waals surface area contributed by atoms with Crippen LogP contribution in [0.1, 0.15) is 68.7 Å². The Morgan fingerprint density at radius 1 is 1.15 bits per heavy atom. The number of halogens is 2. The number of aryl methyl sites for hydroxylation is 1. The number of benzene rings is 2. The van der Waals surface area contributed by atoms with E-state index < -0.39 is 29.7 Å². The molecule has 39 heavy (non-hydrogen) atoms. The van der Waals surface area contributed by atoms with Gasteiger partial charge >= 0.3 is 0 Å². The predicted octanol–water partition coefficient (Wildman–Crippen LogP) is 4.16. The summed E-state index contributed by atoms with van der Waals surface area (Å²) in [6.45, 7) is 3.30. The molecule has 0 radical (unpaired) electrons. The molecule has 0 spiro atoms. The molecular formula is C29H32F2N4O3S. The summed E-state index contributed by atoms with van der Waals surface area (Å²) in [6, 6.07) is 8.57. The van der Waals surface area contributed by atoms with Gasteiger partial charge in [-0.05, 0) is 81.5 Å². The number of nitrogens with one attached hydrogen (secondary N) is 2. The predicted molar refractivity (Wildman–Crippen MR) is 145 cm³/mol. The molecular weight excluding hydrogens is 522 g/mol. The number of rotatable bonds is 8. The second-order valence-electron chi connectivity index (χ2n) is 10.3. The Labute approximate surface area is 230 Å². The van der Waals surface area contributed by atoms with E-state index in [0.717, 1.165) is 49.0 Å². The fourth-order valence-corrected chi connectivity index (χ4v) is 6.47. The van der Waals surface area contributed by atoms with Crippen LogP contribution in [-0.2, 0) is 6.42 Å².